The summed E-state index contributed by atoms with van der Waals surface area (Å²) in [5.41, 5.74) is 1.27. The van der Waals surface area contributed by atoms with Gasteiger partial charge in [-0.3, -0.25) is 4.99 Å². The highest BCUT2D eigenvalue weighted by Gasteiger charge is 2.20. The number of hydrogen-bond donors (Lipinski definition) is 1. The van der Waals surface area contributed by atoms with Gasteiger partial charge in [0.25, 0.3) is 0 Å². The molecular weight excluding hydrogens is 515 g/mol. The molecule has 32 heavy (non-hydrogen) atoms. The Morgan fingerprint density at radius 3 is 2.16 bits per heavy atom. The van der Waals surface area contributed by atoms with E-state index in [9.17, 15) is 0 Å². The highest BCUT2D eigenvalue weighted by atomic mass is 127. The summed E-state index contributed by atoms with van der Waals surface area (Å²) in [6.45, 7) is 17.6. The minimum atomic E-state index is 0. The molecule has 1 aromatic carbocycles. The molecule has 2 aliphatic rings. The minimum Gasteiger partial charge on any atom is -0.497 e. The molecule has 3 rings (SSSR count). The minimum absolute atomic E-state index is 0. The van der Waals surface area contributed by atoms with Crippen LogP contribution >= 0.6 is 24.0 Å². The van der Waals surface area contributed by atoms with Crippen LogP contribution in [0, 0.1) is 0 Å². The van der Waals surface area contributed by atoms with Gasteiger partial charge in [0.05, 0.1) is 7.11 Å². The number of anilines is 1. The third-order valence-electron chi connectivity index (χ3n) is 6.41. The van der Waals surface area contributed by atoms with Crippen LogP contribution in [0.15, 0.2) is 29.3 Å². The maximum Gasteiger partial charge on any atom is 0.194 e. The largest absolute Gasteiger partial charge is 0.497 e. The van der Waals surface area contributed by atoms with Crippen LogP contribution in [-0.4, -0.2) is 106 Å². The lowest BCUT2D eigenvalue weighted by Gasteiger charge is -2.37. The van der Waals surface area contributed by atoms with E-state index >= 15 is 0 Å². The molecule has 2 heterocycles. The van der Waals surface area contributed by atoms with Crippen molar-refractivity contribution in [2.75, 3.05) is 90.5 Å². The summed E-state index contributed by atoms with van der Waals surface area (Å²) >= 11 is 0. The van der Waals surface area contributed by atoms with Gasteiger partial charge in [-0.15, -0.1) is 24.0 Å². The molecule has 7 nitrogen and oxygen atoms in total. The highest BCUT2D eigenvalue weighted by molar-refractivity contribution is 14.0. The number of halogens is 1. The van der Waals surface area contributed by atoms with Crippen LogP contribution in [-0.2, 0) is 0 Å². The number of aliphatic imine (C=N–C) groups is 1. The second kappa shape index (κ2) is 14.8. The van der Waals surface area contributed by atoms with E-state index in [1.165, 1.54) is 51.4 Å². The quantitative estimate of drug-likeness (QED) is 0.218. The molecule has 1 N–H and O–H groups in total. The molecule has 0 radical (unpaired) electrons. The maximum atomic E-state index is 5.27. The molecule has 182 valence electrons. The second-order valence-corrected chi connectivity index (χ2v) is 8.39. The van der Waals surface area contributed by atoms with Gasteiger partial charge in [0.15, 0.2) is 5.96 Å². The fourth-order valence-corrected chi connectivity index (χ4v) is 4.36. The van der Waals surface area contributed by atoms with Crippen LogP contribution in [0.1, 0.15) is 26.7 Å². The zero-order valence-corrected chi connectivity index (χ0v) is 22.6. The fraction of sp³-hybridized carbons (Fsp3) is 0.708. The lowest BCUT2D eigenvalue weighted by Crippen LogP contribution is -2.52. The SMILES string of the molecule is CCNC(=NCCCCN1CCN(CC)CC1)N1CCN(c2ccc(OC)cc2)CC1.I. The normalized spacial score (nSPS) is 18.4. The number of nitrogens with zero attached hydrogens (tertiary/aromatic N) is 5. The fourth-order valence-electron chi connectivity index (χ4n) is 4.36. The van der Waals surface area contributed by atoms with Crippen LogP contribution in [0.25, 0.3) is 0 Å². The Balaban J connectivity index is 0.00000363. The number of likely N-dealkylation sites (N-methyl/N-ethyl adjacent to an activating group) is 1. The first-order valence-electron chi connectivity index (χ1n) is 12.1. The lowest BCUT2D eigenvalue weighted by molar-refractivity contribution is 0.136. The third-order valence-corrected chi connectivity index (χ3v) is 6.41. The standard InChI is InChI=1S/C24H42N6O.HI/c1-4-25-24(26-12-6-7-13-28-16-14-27(5-2)15-17-28)30-20-18-29(19-21-30)22-8-10-23(31-3)11-9-22;/h8-11H,4-7,12-21H2,1-3H3,(H,25,26);1H. The molecule has 0 aliphatic carbocycles. The van der Waals surface area contributed by atoms with Gasteiger partial charge >= 0.3 is 0 Å². The van der Waals surface area contributed by atoms with E-state index < -0.39 is 0 Å². The average Bonchev–Trinajstić information content (AvgIpc) is 2.84. The summed E-state index contributed by atoms with van der Waals surface area (Å²) in [5.74, 6) is 1.99. The summed E-state index contributed by atoms with van der Waals surface area (Å²) in [7, 11) is 1.71. The van der Waals surface area contributed by atoms with E-state index in [2.05, 4.69) is 50.9 Å². The zero-order valence-electron chi connectivity index (χ0n) is 20.3. The molecule has 0 unspecified atom stereocenters. The number of nitrogens with one attached hydrogen (secondary N) is 1. The van der Waals surface area contributed by atoms with Gasteiger partial charge in [0, 0.05) is 71.1 Å². The average molecular weight is 559 g/mol. The Hall–Kier alpha value is -1.26. The van der Waals surface area contributed by atoms with E-state index in [1.807, 2.05) is 12.1 Å². The van der Waals surface area contributed by atoms with Crippen molar-refractivity contribution in [3.63, 3.8) is 0 Å². The summed E-state index contributed by atoms with van der Waals surface area (Å²) in [4.78, 5) is 14.9. The van der Waals surface area contributed by atoms with Crippen LogP contribution in [0.4, 0.5) is 5.69 Å². The molecule has 0 saturated carbocycles. The van der Waals surface area contributed by atoms with Crippen LogP contribution < -0.4 is 15.0 Å². The van der Waals surface area contributed by atoms with Crippen LogP contribution in [0.5, 0.6) is 5.75 Å². The van der Waals surface area contributed by atoms with E-state index in [-0.39, 0.29) is 24.0 Å². The molecule has 0 aromatic heterocycles. The number of ether oxygens (including phenoxy) is 1. The Kier molecular flexibility index (Phi) is 12.5. The number of benzene rings is 1. The third kappa shape index (κ3) is 8.26. The molecule has 2 saturated heterocycles. The van der Waals surface area contributed by atoms with E-state index in [4.69, 9.17) is 9.73 Å². The maximum absolute atomic E-state index is 5.27. The molecule has 0 amide bonds. The van der Waals surface area contributed by atoms with Gasteiger partial charge in [0.1, 0.15) is 5.75 Å². The summed E-state index contributed by atoms with van der Waals surface area (Å²) in [6, 6.07) is 8.37. The van der Waals surface area contributed by atoms with Crippen molar-refractivity contribution in [2.45, 2.75) is 26.7 Å². The Labute approximate surface area is 212 Å². The number of unbranched alkanes of at least 4 members (excludes halogenated alkanes) is 1. The highest BCUT2D eigenvalue weighted by Crippen LogP contribution is 2.20. The molecule has 0 atom stereocenters. The van der Waals surface area contributed by atoms with Gasteiger partial charge in [-0.2, -0.15) is 0 Å². The Bertz CT molecular complexity index is 655. The van der Waals surface area contributed by atoms with Crippen molar-refractivity contribution in [1.82, 2.24) is 20.0 Å². The summed E-state index contributed by atoms with van der Waals surface area (Å²) in [5, 5.41) is 3.50. The summed E-state index contributed by atoms with van der Waals surface area (Å²) in [6.07, 6.45) is 2.40. The van der Waals surface area contributed by atoms with Crippen molar-refractivity contribution in [2.24, 2.45) is 4.99 Å². The van der Waals surface area contributed by atoms with Crippen molar-refractivity contribution in [3.05, 3.63) is 24.3 Å². The first kappa shape index (κ1) is 27.0. The number of methoxy groups -OCH3 is 1. The van der Waals surface area contributed by atoms with Crippen molar-refractivity contribution < 1.29 is 4.74 Å². The lowest BCUT2D eigenvalue weighted by atomic mass is 10.2. The first-order valence-corrected chi connectivity index (χ1v) is 12.1. The van der Waals surface area contributed by atoms with Gasteiger partial charge in [0.2, 0.25) is 0 Å². The molecular formula is C24H43IN6O. The van der Waals surface area contributed by atoms with Crippen molar-refractivity contribution in [1.29, 1.82) is 0 Å². The first-order chi connectivity index (χ1) is 15.2. The van der Waals surface area contributed by atoms with Crippen molar-refractivity contribution >= 4 is 35.6 Å². The molecule has 0 spiro atoms. The Morgan fingerprint density at radius 2 is 1.56 bits per heavy atom. The molecule has 2 aliphatic heterocycles. The van der Waals surface area contributed by atoms with Crippen LogP contribution in [0.2, 0.25) is 0 Å². The number of guanidine groups is 1. The van der Waals surface area contributed by atoms with E-state index in [1.54, 1.807) is 7.11 Å². The zero-order chi connectivity index (χ0) is 21.9. The van der Waals surface area contributed by atoms with E-state index in [0.717, 1.165) is 57.4 Å². The van der Waals surface area contributed by atoms with Gasteiger partial charge in [-0.25, -0.2) is 0 Å². The second-order valence-electron chi connectivity index (χ2n) is 8.39. The monoisotopic (exact) mass is 558 g/mol. The predicted molar refractivity (Wildman–Crippen MR) is 146 cm³/mol. The van der Waals surface area contributed by atoms with Crippen LogP contribution in [0.3, 0.4) is 0 Å². The van der Waals surface area contributed by atoms with Crippen molar-refractivity contribution in [3.8, 4) is 5.75 Å². The number of rotatable bonds is 9. The van der Waals surface area contributed by atoms with Gasteiger partial charge in [-0.1, -0.05) is 6.92 Å². The van der Waals surface area contributed by atoms with E-state index in [0.29, 0.717) is 0 Å². The molecule has 2 fully saturated rings. The molecule has 1 aromatic rings. The number of piperazine rings is 2. The van der Waals surface area contributed by atoms with Gasteiger partial charge < -0.3 is 29.7 Å². The predicted octanol–water partition coefficient (Wildman–Crippen LogP) is 2.82. The number of hydrogen-bond acceptors (Lipinski definition) is 5. The topological polar surface area (TPSA) is 46.6 Å². The summed E-state index contributed by atoms with van der Waals surface area (Å²) < 4.78 is 5.27. The molecule has 8 heteroatoms. The van der Waals surface area contributed by atoms with Gasteiger partial charge in [-0.05, 0) is 57.1 Å². The Morgan fingerprint density at radius 1 is 0.906 bits per heavy atom. The molecule has 0 bridgehead atoms. The smallest absolute Gasteiger partial charge is 0.194 e.